The molecule has 2 aromatic carbocycles. The van der Waals surface area contributed by atoms with Crippen molar-refractivity contribution < 1.29 is 19.1 Å². The Morgan fingerprint density at radius 1 is 0.867 bits per heavy atom. The molecule has 1 saturated heterocycles. The van der Waals surface area contributed by atoms with Crippen molar-refractivity contribution in [1.82, 2.24) is 9.80 Å². The lowest BCUT2D eigenvalue weighted by molar-refractivity contribution is -0.120. The zero-order chi connectivity index (χ0) is 20.5. The van der Waals surface area contributed by atoms with Crippen LogP contribution in [0.3, 0.4) is 0 Å². The Hall–Kier alpha value is -3.06. The molecule has 5 rings (SSSR count). The maximum Gasteiger partial charge on any atom is 0.257 e. The summed E-state index contributed by atoms with van der Waals surface area (Å²) in [6.45, 7) is 4.62. The first-order valence-electron chi connectivity index (χ1n) is 10.5. The Bertz CT molecular complexity index is 969. The van der Waals surface area contributed by atoms with Crippen molar-refractivity contribution in [3.63, 3.8) is 0 Å². The predicted molar refractivity (Wildman–Crippen MR) is 112 cm³/mol. The standard InChI is InChI=1S/C23H25N3O4/c27-21(26-9-8-17-4-1-2-6-19(17)26)16-24-10-12-25(13-11-24)23(28)18-5-3-7-20-22(18)30-15-14-29-20/h1-7H,8-16H2. The van der Waals surface area contributed by atoms with Gasteiger partial charge in [-0.2, -0.15) is 0 Å². The van der Waals surface area contributed by atoms with Gasteiger partial charge in [0, 0.05) is 38.4 Å². The summed E-state index contributed by atoms with van der Waals surface area (Å²) in [4.78, 5) is 31.7. The number of fused-ring (bicyclic) bond motifs is 2. The van der Waals surface area contributed by atoms with E-state index in [4.69, 9.17) is 9.47 Å². The number of hydrogen-bond donors (Lipinski definition) is 0. The van der Waals surface area contributed by atoms with E-state index in [2.05, 4.69) is 11.0 Å². The molecule has 0 unspecified atom stereocenters. The molecule has 3 aliphatic rings. The van der Waals surface area contributed by atoms with Crippen LogP contribution in [0.5, 0.6) is 11.5 Å². The highest BCUT2D eigenvalue weighted by molar-refractivity contribution is 5.98. The van der Waals surface area contributed by atoms with Crippen LogP contribution in [0.1, 0.15) is 15.9 Å². The smallest absolute Gasteiger partial charge is 0.257 e. The largest absolute Gasteiger partial charge is 0.486 e. The minimum atomic E-state index is -0.0446. The summed E-state index contributed by atoms with van der Waals surface area (Å²) >= 11 is 0. The maximum atomic E-state index is 13.0. The molecule has 2 amide bonds. The number of rotatable bonds is 3. The first-order chi connectivity index (χ1) is 14.7. The van der Waals surface area contributed by atoms with Crippen LogP contribution in [0.25, 0.3) is 0 Å². The van der Waals surface area contributed by atoms with Crippen molar-refractivity contribution >= 4 is 17.5 Å². The monoisotopic (exact) mass is 407 g/mol. The molecule has 2 aromatic rings. The highest BCUT2D eigenvalue weighted by Crippen LogP contribution is 2.34. The number of carbonyl (C=O) groups excluding carboxylic acids is 2. The van der Waals surface area contributed by atoms with Gasteiger partial charge < -0.3 is 19.3 Å². The second-order valence-corrected chi connectivity index (χ2v) is 7.82. The number of para-hydroxylation sites is 2. The summed E-state index contributed by atoms with van der Waals surface area (Å²) in [5.74, 6) is 1.25. The highest BCUT2D eigenvalue weighted by atomic mass is 16.6. The molecule has 0 aliphatic carbocycles. The van der Waals surface area contributed by atoms with Gasteiger partial charge in [0.25, 0.3) is 5.91 Å². The molecular formula is C23H25N3O4. The van der Waals surface area contributed by atoms with E-state index in [-0.39, 0.29) is 11.8 Å². The van der Waals surface area contributed by atoms with Crippen LogP contribution in [-0.2, 0) is 11.2 Å². The van der Waals surface area contributed by atoms with Gasteiger partial charge in [-0.15, -0.1) is 0 Å². The molecular weight excluding hydrogens is 382 g/mol. The molecule has 30 heavy (non-hydrogen) atoms. The van der Waals surface area contributed by atoms with E-state index in [1.54, 1.807) is 6.07 Å². The lowest BCUT2D eigenvalue weighted by Crippen LogP contribution is -2.51. The molecule has 0 spiro atoms. The van der Waals surface area contributed by atoms with Crippen LogP contribution in [0.2, 0.25) is 0 Å². The Kier molecular flexibility index (Phi) is 5.04. The molecule has 1 fully saturated rings. The number of anilines is 1. The molecule has 0 N–H and O–H groups in total. The van der Waals surface area contributed by atoms with E-state index in [0.29, 0.717) is 63.0 Å². The summed E-state index contributed by atoms with van der Waals surface area (Å²) < 4.78 is 11.3. The third-order valence-corrected chi connectivity index (χ3v) is 6.00. The zero-order valence-electron chi connectivity index (χ0n) is 16.9. The summed E-state index contributed by atoms with van der Waals surface area (Å²) in [5.41, 5.74) is 2.82. The number of benzene rings is 2. The quantitative estimate of drug-likeness (QED) is 0.777. The highest BCUT2D eigenvalue weighted by Gasteiger charge is 2.30. The SMILES string of the molecule is O=C(c1cccc2c1OCCO2)N1CCN(CC(=O)N2CCc3ccccc32)CC1. The van der Waals surface area contributed by atoms with Crippen LogP contribution in [0, 0.1) is 0 Å². The van der Waals surface area contributed by atoms with E-state index in [9.17, 15) is 9.59 Å². The van der Waals surface area contributed by atoms with Crippen molar-refractivity contribution in [2.24, 2.45) is 0 Å². The molecule has 7 heteroatoms. The molecule has 0 atom stereocenters. The normalized spacial score (nSPS) is 18.3. The average Bonchev–Trinajstić information content (AvgIpc) is 3.23. The van der Waals surface area contributed by atoms with Crippen LogP contribution in [-0.4, -0.2) is 74.1 Å². The van der Waals surface area contributed by atoms with Crippen LogP contribution >= 0.6 is 0 Å². The first-order valence-corrected chi connectivity index (χ1v) is 10.5. The van der Waals surface area contributed by atoms with Gasteiger partial charge in [0.1, 0.15) is 13.2 Å². The lowest BCUT2D eigenvalue weighted by Gasteiger charge is -2.35. The predicted octanol–water partition coefficient (Wildman–Crippen LogP) is 1.80. The fourth-order valence-corrected chi connectivity index (χ4v) is 4.40. The number of ether oxygens (including phenoxy) is 2. The summed E-state index contributed by atoms with van der Waals surface area (Å²) in [5, 5.41) is 0. The van der Waals surface area contributed by atoms with Crippen molar-refractivity contribution in [3.05, 3.63) is 53.6 Å². The Morgan fingerprint density at radius 3 is 2.53 bits per heavy atom. The second-order valence-electron chi connectivity index (χ2n) is 7.82. The number of piperazine rings is 1. The van der Waals surface area contributed by atoms with E-state index < -0.39 is 0 Å². The van der Waals surface area contributed by atoms with Gasteiger partial charge in [-0.05, 0) is 30.2 Å². The van der Waals surface area contributed by atoms with E-state index in [0.717, 1.165) is 18.7 Å². The summed E-state index contributed by atoms with van der Waals surface area (Å²) in [7, 11) is 0. The molecule has 7 nitrogen and oxygen atoms in total. The molecule has 0 aromatic heterocycles. The van der Waals surface area contributed by atoms with E-state index >= 15 is 0 Å². The minimum absolute atomic E-state index is 0.0446. The van der Waals surface area contributed by atoms with Crippen LogP contribution in [0.4, 0.5) is 5.69 Å². The third-order valence-electron chi connectivity index (χ3n) is 6.00. The van der Waals surface area contributed by atoms with Gasteiger partial charge in [0.2, 0.25) is 5.91 Å². The zero-order valence-corrected chi connectivity index (χ0v) is 16.9. The molecule has 156 valence electrons. The lowest BCUT2D eigenvalue weighted by atomic mass is 10.1. The number of nitrogens with zero attached hydrogens (tertiary/aromatic N) is 3. The number of amides is 2. The van der Waals surface area contributed by atoms with Crippen molar-refractivity contribution in [2.75, 3.05) is 57.4 Å². The van der Waals surface area contributed by atoms with Gasteiger partial charge in [0.15, 0.2) is 11.5 Å². The van der Waals surface area contributed by atoms with E-state index in [1.165, 1.54) is 5.56 Å². The van der Waals surface area contributed by atoms with Crippen molar-refractivity contribution in [1.29, 1.82) is 0 Å². The Labute approximate surface area is 175 Å². The summed E-state index contributed by atoms with van der Waals surface area (Å²) in [6, 6.07) is 13.5. The number of hydrogen-bond acceptors (Lipinski definition) is 5. The molecule has 0 radical (unpaired) electrons. The molecule has 0 saturated carbocycles. The van der Waals surface area contributed by atoms with Gasteiger partial charge in [-0.25, -0.2) is 0 Å². The fourth-order valence-electron chi connectivity index (χ4n) is 4.40. The topological polar surface area (TPSA) is 62.3 Å². The maximum absolute atomic E-state index is 13.0. The van der Waals surface area contributed by atoms with E-state index in [1.807, 2.05) is 40.1 Å². The number of carbonyl (C=O) groups is 2. The second kappa shape index (κ2) is 7.99. The fraction of sp³-hybridized carbons (Fsp3) is 0.391. The van der Waals surface area contributed by atoms with Gasteiger partial charge in [-0.3, -0.25) is 14.5 Å². The Balaban J connectivity index is 1.19. The average molecular weight is 407 g/mol. The Morgan fingerprint density at radius 2 is 1.67 bits per heavy atom. The first kappa shape index (κ1) is 18.9. The minimum Gasteiger partial charge on any atom is -0.486 e. The molecule has 3 heterocycles. The summed E-state index contributed by atoms with van der Waals surface area (Å²) in [6.07, 6.45) is 0.914. The van der Waals surface area contributed by atoms with Gasteiger partial charge >= 0.3 is 0 Å². The molecule has 3 aliphatic heterocycles. The van der Waals surface area contributed by atoms with Gasteiger partial charge in [0.05, 0.1) is 12.1 Å². The van der Waals surface area contributed by atoms with Crippen molar-refractivity contribution in [2.45, 2.75) is 6.42 Å². The van der Waals surface area contributed by atoms with Crippen LogP contribution < -0.4 is 14.4 Å². The van der Waals surface area contributed by atoms with Gasteiger partial charge in [-0.1, -0.05) is 24.3 Å². The van der Waals surface area contributed by atoms with Crippen molar-refractivity contribution in [3.8, 4) is 11.5 Å². The molecule has 0 bridgehead atoms. The third kappa shape index (κ3) is 3.50. The van der Waals surface area contributed by atoms with Crippen LogP contribution in [0.15, 0.2) is 42.5 Å².